The van der Waals surface area contributed by atoms with E-state index in [0.29, 0.717) is 22.4 Å². The van der Waals surface area contributed by atoms with Gasteiger partial charge in [-0.05, 0) is 69.5 Å². The predicted octanol–water partition coefficient (Wildman–Crippen LogP) is 4.26. The largest absolute Gasteiger partial charge is 0.454 e. The maximum absolute atomic E-state index is 12.9. The number of rotatable bonds is 8. The number of carbonyl (C=O) groups is 3. The third kappa shape index (κ3) is 5.09. The van der Waals surface area contributed by atoms with Gasteiger partial charge in [-0.3, -0.25) is 9.59 Å². The zero-order valence-electron chi connectivity index (χ0n) is 19.5. The Morgan fingerprint density at radius 2 is 1.65 bits per heavy atom. The summed E-state index contributed by atoms with van der Waals surface area (Å²) in [7, 11) is -4.22. The summed E-state index contributed by atoms with van der Waals surface area (Å²) in [5, 5.41) is 0. The predicted molar refractivity (Wildman–Crippen MR) is 125 cm³/mol. The fourth-order valence-corrected chi connectivity index (χ4v) is 4.95. The van der Waals surface area contributed by atoms with Gasteiger partial charge in [-0.1, -0.05) is 24.3 Å². The molecule has 0 unspecified atom stereocenters. The highest BCUT2D eigenvalue weighted by Crippen LogP contribution is 2.26. The van der Waals surface area contributed by atoms with Gasteiger partial charge in [0, 0.05) is 11.3 Å². The Hall–Kier alpha value is -3.72. The number of Topliss-reactive ketones (excluding diaryl/α,β-unsaturated/α-hetero) is 2. The second kappa shape index (κ2) is 9.64. The van der Waals surface area contributed by atoms with E-state index in [2.05, 4.69) is 4.98 Å². The maximum atomic E-state index is 12.9. The summed E-state index contributed by atoms with van der Waals surface area (Å²) in [4.78, 5) is 39.9. The molecule has 178 valence electrons. The van der Waals surface area contributed by atoms with Gasteiger partial charge in [-0.2, -0.15) is 8.42 Å². The lowest BCUT2D eigenvalue weighted by molar-refractivity contribution is 0.0471. The Morgan fingerprint density at radius 1 is 0.971 bits per heavy atom. The van der Waals surface area contributed by atoms with Gasteiger partial charge in [0.05, 0.1) is 5.69 Å². The van der Waals surface area contributed by atoms with Crippen LogP contribution >= 0.6 is 0 Å². The minimum absolute atomic E-state index is 0.00952. The molecule has 0 spiro atoms. The first-order valence-electron chi connectivity index (χ1n) is 10.4. The molecule has 0 atom stereocenters. The van der Waals surface area contributed by atoms with Crippen molar-refractivity contribution >= 4 is 27.7 Å². The normalized spacial score (nSPS) is 11.2. The van der Waals surface area contributed by atoms with Gasteiger partial charge in [-0.15, -0.1) is 0 Å². The molecule has 34 heavy (non-hydrogen) atoms. The van der Waals surface area contributed by atoms with Crippen molar-refractivity contribution in [1.82, 2.24) is 4.98 Å². The van der Waals surface area contributed by atoms with Crippen LogP contribution < -0.4 is 4.18 Å². The molecule has 3 rings (SSSR count). The van der Waals surface area contributed by atoms with Crippen LogP contribution in [0.1, 0.15) is 60.5 Å². The number of ketones is 2. The molecule has 0 aliphatic heterocycles. The number of para-hydroxylation sites is 1. The molecule has 0 bridgehead atoms. The van der Waals surface area contributed by atoms with Crippen molar-refractivity contribution in [3.05, 3.63) is 81.7 Å². The summed E-state index contributed by atoms with van der Waals surface area (Å²) in [6.07, 6.45) is 0. The van der Waals surface area contributed by atoms with Gasteiger partial charge in [-0.25, -0.2) is 4.79 Å². The van der Waals surface area contributed by atoms with E-state index in [9.17, 15) is 22.8 Å². The Labute approximate surface area is 198 Å². The van der Waals surface area contributed by atoms with Crippen LogP contribution in [0, 0.1) is 27.7 Å². The summed E-state index contributed by atoms with van der Waals surface area (Å²) in [5.74, 6) is -1.85. The highest BCUT2D eigenvalue weighted by molar-refractivity contribution is 7.87. The van der Waals surface area contributed by atoms with Crippen LogP contribution in [0.2, 0.25) is 0 Å². The van der Waals surface area contributed by atoms with Crippen LogP contribution in [0.25, 0.3) is 0 Å². The third-order valence-corrected chi connectivity index (χ3v) is 6.70. The fourth-order valence-electron chi connectivity index (χ4n) is 3.69. The molecule has 8 nitrogen and oxygen atoms in total. The topological polar surface area (TPSA) is 120 Å². The van der Waals surface area contributed by atoms with Crippen molar-refractivity contribution in [2.75, 3.05) is 6.61 Å². The van der Waals surface area contributed by atoms with Crippen LogP contribution in [0.5, 0.6) is 5.75 Å². The second-order valence-corrected chi connectivity index (χ2v) is 9.50. The zero-order valence-corrected chi connectivity index (χ0v) is 20.3. The van der Waals surface area contributed by atoms with Crippen molar-refractivity contribution in [2.24, 2.45) is 0 Å². The molecule has 1 N–H and O–H groups in total. The summed E-state index contributed by atoms with van der Waals surface area (Å²) < 4.78 is 36.2. The summed E-state index contributed by atoms with van der Waals surface area (Å²) in [6, 6.07) is 10.7. The van der Waals surface area contributed by atoms with Gasteiger partial charge >= 0.3 is 16.1 Å². The van der Waals surface area contributed by atoms with Crippen molar-refractivity contribution in [3.8, 4) is 5.75 Å². The Bertz CT molecular complexity index is 1400. The highest BCUT2D eigenvalue weighted by Gasteiger charge is 2.25. The number of nitrogens with one attached hydrogen (secondary N) is 1. The van der Waals surface area contributed by atoms with E-state index in [-0.39, 0.29) is 27.7 Å². The zero-order chi connectivity index (χ0) is 25.2. The molecule has 0 amide bonds. The lowest BCUT2D eigenvalue weighted by Gasteiger charge is -2.13. The van der Waals surface area contributed by atoms with Gasteiger partial charge in [0.2, 0.25) is 5.78 Å². The van der Waals surface area contributed by atoms with Gasteiger partial charge < -0.3 is 13.9 Å². The Balaban J connectivity index is 1.80. The quantitative estimate of drug-likeness (QED) is 0.289. The molecule has 0 aliphatic carbocycles. The first kappa shape index (κ1) is 24.9. The monoisotopic (exact) mass is 483 g/mol. The first-order chi connectivity index (χ1) is 15.9. The molecule has 0 saturated carbocycles. The molecule has 1 aromatic heterocycles. The molecule has 2 aromatic carbocycles. The third-order valence-electron chi connectivity index (χ3n) is 5.32. The smallest absolute Gasteiger partial charge is 0.342 e. The Morgan fingerprint density at radius 3 is 2.29 bits per heavy atom. The Kier molecular flexibility index (Phi) is 7.07. The number of ether oxygens (including phenoxy) is 1. The van der Waals surface area contributed by atoms with Crippen LogP contribution in [0.15, 0.2) is 47.4 Å². The number of H-pyrrole nitrogens is 1. The van der Waals surface area contributed by atoms with Crippen molar-refractivity contribution in [3.63, 3.8) is 0 Å². The molecule has 3 aromatic rings. The summed E-state index contributed by atoms with van der Waals surface area (Å²) >= 11 is 0. The average Bonchev–Trinajstić information content (AvgIpc) is 3.07. The molecule has 0 saturated heterocycles. The van der Waals surface area contributed by atoms with E-state index >= 15 is 0 Å². The van der Waals surface area contributed by atoms with Crippen molar-refractivity contribution in [2.45, 2.75) is 39.5 Å². The number of esters is 1. The number of carbonyl (C=O) groups excluding carboxylic acids is 3. The van der Waals surface area contributed by atoms with E-state index in [1.807, 2.05) is 0 Å². The molecule has 0 aliphatic rings. The van der Waals surface area contributed by atoms with E-state index in [1.165, 1.54) is 37.3 Å². The number of hydrogen-bond acceptors (Lipinski definition) is 7. The maximum Gasteiger partial charge on any atom is 0.342 e. The SMILES string of the molecule is CC(=O)c1c(C)[nH]c(C(=O)COC(=O)c2ccccc2OS(=O)(=O)c2cc(C)ccc2C)c1C. The van der Waals surface area contributed by atoms with E-state index in [1.54, 1.807) is 39.8 Å². The molecule has 1 heterocycles. The first-order valence-corrected chi connectivity index (χ1v) is 11.8. The second-order valence-electron chi connectivity index (χ2n) is 7.98. The van der Waals surface area contributed by atoms with E-state index < -0.39 is 28.5 Å². The highest BCUT2D eigenvalue weighted by atomic mass is 32.2. The standard InChI is InChI=1S/C25H25NO7S/c1-14-10-11-15(2)22(12-14)34(30,31)33-21-9-7-6-8-19(21)25(29)32-13-20(28)24-16(3)23(18(5)27)17(4)26-24/h6-12,26H,13H2,1-5H3. The van der Waals surface area contributed by atoms with Crippen LogP contribution in [-0.2, 0) is 14.9 Å². The summed E-state index contributed by atoms with van der Waals surface area (Å²) in [5.41, 5.74) is 2.72. The molecule has 0 fully saturated rings. The number of aryl methyl sites for hydroxylation is 3. The van der Waals surface area contributed by atoms with E-state index in [4.69, 9.17) is 8.92 Å². The van der Waals surface area contributed by atoms with E-state index in [0.717, 1.165) is 5.56 Å². The summed E-state index contributed by atoms with van der Waals surface area (Å²) in [6.45, 7) is 7.51. The lowest BCUT2D eigenvalue weighted by Crippen LogP contribution is -2.18. The molecular formula is C25H25NO7S. The van der Waals surface area contributed by atoms with Gasteiger partial charge in [0.15, 0.2) is 18.1 Å². The lowest BCUT2D eigenvalue weighted by atomic mass is 10.1. The molecular weight excluding hydrogens is 458 g/mol. The fraction of sp³-hybridized carbons (Fsp3) is 0.240. The van der Waals surface area contributed by atoms with Crippen molar-refractivity contribution in [1.29, 1.82) is 0 Å². The number of hydrogen-bond donors (Lipinski definition) is 1. The van der Waals surface area contributed by atoms with Gasteiger partial charge in [0.25, 0.3) is 0 Å². The minimum atomic E-state index is -4.22. The average molecular weight is 484 g/mol. The molecule has 9 heteroatoms. The van der Waals surface area contributed by atoms with Gasteiger partial charge in [0.1, 0.15) is 10.5 Å². The molecule has 0 radical (unpaired) electrons. The minimum Gasteiger partial charge on any atom is -0.454 e. The number of aromatic nitrogens is 1. The van der Waals surface area contributed by atoms with Crippen LogP contribution in [0.3, 0.4) is 0 Å². The van der Waals surface area contributed by atoms with Crippen LogP contribution in [-0.4, -0.2) is 37.5 Å². The number of benzene rings is 2. The van der Waals surface area contributed by atoms with Crippen LogP contribution in [0.4, 0.5) is 0 Å². The number of aromatic amines is 1. The van der Waals surface area contributed by atoms with Crippen molar-refractivity contribution < 1.29 is 31.7 Å².